The molecule has 1 saturated heterocycles. The van der Waals surface area contributed by atoms with Crippen LogP contribution in [0.2, 0.25) is 5.02 Å². The minimum absolute atomic E-state index is 0.0398. The van der Waals surface area contributed by atoms with E-state index in [0.717, 1.165) is 55.9 Å². The highest BCUT2D eigenvalue weighted by Crippen LogP contribution is 2.53. The van der Waals surface area contributed by atoms with Crippen molar-refractivity contribution in [1.29, 1.82) is 0 Å². The maximum atomic E-state index is 12.6. The number of hydrogen-bond donors (Lipinski definition) is 0. The average molecular weight is 430 g/mol. The molecule has 1 heterocycles. The summed E-state index contributed by atoms with van der Waals surface area (Å²) in [4.78, 5) is 15.0. The molecule has 30 heavy (non-hydrogen) atoms. The van der Waals surface area contributed by atoms with Crippen molar-refractivity contribution in [2.45, 2.75) is 38.1 Å². The molecule has 6 heteroatoms. The van der Waals surface area contributed by atoms with Gasteiger partial charge in [-0.1, -0.05) is 29.3 Å². The number of benzene rings is 1. The van der Waals surface area contributed by atoms with Gasteiger partial charge in [-0.05, 0) is 57.1 Å². The summed E-state index contributed by atoms with van der Waals surface area (Å²) >= 11 is 6.16. The van der Waals surface area contributed by atoms with E-state index in [0.29, 0.717) is 10.6 Å². The number of methoxy groups -OCH3 is 2. The topological polar surface area (TPSA) is 48.0 Å². The predicted molar refractivity (Wildman–Crippen MR) is 116 cm³/mol. The van der Waals surface area contributed by atoms with Crippen LogP contribution >= 0.6 is 11.6 Å². The van der Waals surface area contributed by atoms with Crippen LogP contribution in [-0.2, 0) is 14.2 Å². The maximum Gasteiger partial charge on any atom is 0.344 e. The lowest BCUT2D eigenvalue weighted by Crippen LogP contribution is -2.41. The predicted octanol–water partition coefficient (Wildman–Crippen LogP) is 5.09. The van der Waals surface area contributed by atoms with Gasteiger partial charge in [0.05, 0.1) is 24.8 Å². The number of fused-ring (bicyclic) bond motifs is 1. The number of ether oxygens (including phenoxy) is 3. The van der Waals surface area contributed by atoms with E-state index in [2.05, 4.69) is 24.1 Å². The van der Waals surface area contributed by atoms with Crippen LogP contribution in [0.25, 0.3) is 0 Å². The van der Waals surface area contributed by atoms with E-state index >= 15 is 0 Å². The lowest BCUT2D eigenvalue weighted by molar-refractivity contribution is 0.0585. The Morgan fingerprint density at radius 3 is 2.67 bits per heavy atom. The molecule has 0 amide bonds. The summed E-state index contributed by atoms with van der Waals surface area (Å²) in [6, 6.07) is 7.18. The highest BCUT2D eigenvalue weighted by molar-refractivity contribution is 6.33. The first-order valence-electron chi connectivity index (χ1n) is 10.4. The van der Waals surface area contributed by atoms with Gasteiger partial charge in [-0.3, -0.25) is 4.90 Å². The van der Waals surface area contributed by atoms with Gasteiger partial charge in [-0.15, -0.1) is 0 Å². The van der Waals surface area contributed by atoms with Gasteiger partial charge in [0, 0.05) is 24.3 Å². The molecule has 3 aliphatic rings. The molecule has 160 valence electrons. The van der Waals surface area contributed by atoms with Gasteiger partial charge in [0.1, 0.15) is 11.5 Å². The number of nitrogens with zero attached hydrogens (tertiary/aromatic N) is 1. The standard InChI is InChI=1S/C24H28ClNO4/c1-26-13-12-24(16-8-9-20(28-2)21(14-16)29-3)11-10-17(15-22(24)26)30-23(27)18-6-4-5-7-19(18)25/h4-7,14-15,22H,8-13H2,1-3H3. The first kappa shape index (κ1) is 21.0. The molecule has 5 nitrogen and oxygen atoms in total. The Kier molecular flexibility index (Phi) is 5.94. The van der Waals surface area contributed by atoms with E-state index in [9.17, 15) is 4.79 Å². The fourth-order valence-electron chi connectivity index (χ4n) is 5.10. The second-order valence-electron chi connectivity index (χ2n) is 8.20. The lowest BCUT2D eigenvalue weighted by Gasteiger charge is -2.42. The Labute approximate surface area is 182 Å². The third-order valence-corrected chi connectivity index (χ3v) is 7.07. The minimum Gasteiger partial charge on any atom is -0.497 e. The highest BCUT2D eigenvalue weighted by atomic mass is 35.5. The summed E-state index contributed by atoms with van der Waals surface area (Å²) in [7, 11) is 5.52. The number of likely N-dealkylation sites (N-methyl/N-ethyl adjacent to an activating group) is 1. The molecule has 0 spiro atoms. The second kappa shape index (κ2) is 8.48. The van der Waals surface area contributed by atoms with Crippen LogP contribution in [0.5, 0.6) is 0 Å². The van der Waals surface area contributed by atoms with E-state index in [1.54, 1.807) is 38.5 Å². The zero-order chi connectivity index (χ0) is 21.3. The molecule has 0 aromatic heterocycles. The zero-order valence-electron chi connectivity index (χ0n) is 17.7. The number of likely N-dealkylation sites (tertiary alicyclic amines) is 1. The quantitative estimate of drug-likeness (QED) is 0.610. The molecule has 1 aliphatic heterocycles. The van der Waals surface area contributed by atoms with Crippen LogP contribution < -0.4 is 0 Å². The van der Waals surface area contributed by atoms with Gasteiger partial charge in [0.15, 0.2) is 5.76 Å². The van der Waals surface area contributed by atoms with E-state index in [1.165, 1.54) is 5.57 Å². The zero-order valence-corrected chi connectivity index (χ0v) is 18.5. The van der Waals surface area contributed by atoms with Gasteiger partial charge in [0.25, 0.3) is 0 Å². The Hall–Kier alpha value is -2.24. The van der Waals surface area contributed by atoms with Gasteiger partial charge < -0.3 is 14.2 Å². The third-order valence-electron chi connectivity index (χ3n) is 6.74. The molecule has 0 bridgehead atoms. The Morgan fingerprint density at radius 1 is 1.13 bits per heavy atom. The van der Waals surface area contributed by atoms with Crippen LogP contribution in [0.15, 0.2) is 59.3 Å². The molecule has 2 unspecified atom stereocenters. The highest BCUT2D eigenvalue weighted by Gasteiger charge is 2.50. The molecule has 1 aromatic rings. The number of carbonyl (C=O) groups is 1. The summed E-state index contributed by atoms with van der Waals surface area (Å²) < 4.78 is 16.8. The number of rotatable bonds is 5. The monoisotopic (exact) mass is 429 g/mol. The number of carbonyl (C=O) groups excluding carboxylic acids is 1. The van der Waals surface area contributed by atoms with Crippen molar-refractivity contribution in [3.8, 4) is 0 Å². The first-order valence-corrected chi connectivity index (χ1v) is 10.8. The molecular formula is C24H28ClNO4. The second-order valence-corrected chi connectivity index (χ2v) is 8.61. The number of halogens is 1. The largest absolute Gasteiger partial charge is 0.497 e. The van der Waals surface area contributed by atoms with Crippen molar-refractivity contribution >= 4 is 17.6 Å². The van der Waals surface area contributed by atoms with Crippen LogP contribution in [0.4, 0.5) is 0 Å². The molecule has 4 rings (SSSR count). The Bertz CT molecular complexity index is 935. The van der Waals surface area contributed by atoms with E-state index in [1.807, 2.05) is 0 Å². The normalized spacial score (nSPS) is 26.6. The van der Waals surface area contributed by atoms with Crippen LogP contribution in [0, 0.1) is 5.41 Å². The van der Waals surface area contributed by atoms with Crippen molar-refractivity contribution in [3.05, 3.63) is 69.9 Å². The van der Waals surface area contributed by atoms with Gasteiger partial charge in [-0.2, -0.15) is 0 Å². The molecular weight excluding hydrogens is 402 g/mol. The summed E-state index contributed by atoms with van der Waals surface area (Å²) in [6.07, 6.45) is 8.86. The number of hydrogen-bond acceptors (Lipinski definition) is 5. The lowest BCUT2D eigenvalue weighted by atomic mass is 9.65. The molecule has 2 aliphatic carbocycles. The number of esters is 1. The van der Waals surface area contributed by atoms with Crippen LogP contribution in [0.3, 0.4) is 0 Å². The number of allylic oxidation sites excluding steroid dienone is 3. The van der Waals surface area contributed by atoms with Crippen LogP contribution in [-0.4, -0.2) is 44.7 Å². The Balaban J connectivity index is 1.60. The van der Waals surface area contributed by atoms with E-state index in [-0.39, 0.29) is 11.5 Å². The Morgan fingerprint density at radius 2 is 1.93 bits per heavy atom. The molecule has 2 atom stereocenters. The smallest absolute Gasteiger partial charge is 0.344 e. The molecule has 0 saturated carbocycles. The summed E-state index contributed by atoms with van der Waals surface area (Å²) in [5, 5.41) is 0.409. The van der Waals surface area contributed by atoms with Crippen molar-refractivity contribution < 1.29 is 19.0 Å². The van der Waals surface area contributed by atoms with E-state index in [4.69, 9.17) is 25.8 Å². The van der Waals surface area contributed by atoms with Gasteiger partial charge >= 0.3 is 5.97 Å². The molecule has 1 aromatic carbocycles. The van der Waals surface area contributed by atoms with E-state index < -0.39 is 5.97 Å². The third kappa shape index (κ3) is 3.65. The maximum absolute atomic E-state index is 12.6. The molecule has 0 radical (unpaired) electrons. The fourth-order valence-corrected chi connectivity index (χ4v) is 5.31. The minimum atomic E-state index is -0.397. The van der Waals surface area contributed by atoms with Crippen LogP contribution in [0.1, 0.15) is 42.5 Å². The molecule has 1 fully saturated rings. The molecule has 0 N–H and O–H groups in total. The fraction of sp³-hybridized carbons (Fsp3) is 0.458. The summed E-state index contributed by atoms with van der Waals surface area (Å²) in [6.45, 7) is 1.01. The van der Waals surface area contributed by atoms with Crippen molar-refractivity contribution in [2.75, 3.05) is 27.8 Å². The SMILES string of the molecule is COC1=C(OC)CCC(C23CCC(OC(=O)c4ccccc4Cl)=CC2N(C)CC3)=C1. The van der Waals surface area contributed by atoms with Crippen molar-refractivity contribution in [1.82, 2.24) is 4.90 Å². The van der Waals surface area contributed by atoms with Gasteiger partial charge in [-0.25, -0.2) is 4.79 Å². The van der Waals surface area contributed by atoms with Gasteiger partial charge in [0.2, 0.25) is 0 Å². The average Bonchev–Trinajstić information content (AvgIpc) is 3.10. The summed E-state index contributed by atoms with van der Waals surface area (Å²) in [5.41, 5.74) is 1.84. The first-order chi connectivity index (χ1) is 14.5. The van der Waals surface area contributed by atoms with Crippen molar-refractivity contribution in [2.24, 2.45) is 5.41 Å². The van der Waals surface area contributed by atoms with Crippen molar-refractivity contribution in [3.63, 3.8) is 0 Å². The summed E-state index contributed by atoms with van der Waals surface area (Å²) in [5.74, 6) is 2.06.